The van der Waals surface area contributed by atoms with Gasteiger partial charge in [0, 0.05) is 25.8 Å². The summed E-state index contributed by atoms with van der Waals surface area (Å²) in [5, 5.41) is 13.2. The zero-order valence-corrected chi connectivity index (χ0v) is 18.8. The lowest BCUT2D eigenvalue weighted by molar-refractivity contribution is -0.140. The van der Waals surface area contributed by atoms with Crippen LogP contribution in [0.3, 0.4) is 0 Å². The van der Waals surface area contributed by atoms with Crippen molar-refractivity contribution in [2.75, 3.05) is 26.9 Å². The molecule has 6 nitrogen and oxygen atoms in total. The number of Topliss-reactive ketones (excluding diaryl/α,β-unsaturated/α-hetero) is 1. The van der Waals surface area contributed by atoms with Gasteiger partial charge in [-0.2, -0.15) is 0 Å². The van der Waals surface area contributed by atoms with Crippen LogP contribution in [0.2, 0.25) is 0 Å². The lowest BCUT2D eigenvalue weighted by atomic mass is 9.91. The largest absolute Gasteiger partial charge is 0.507 e. The van der Waals surface area contributed by atoms with Crippen LogP contribution in [0.4, 0.5) is 0 Å². The van der Waals surface area contributed by atoms with E-state index in [0.717, 1.165) is 16.3 Å². The van der Waals surface area contributed by atoms with Gasteiger partial charge < -0.3 is 19.5 Å². The highest BCUT2D eigenvalue weighted by molar-refractivity contribution is 6.46. The van der Waals surface area contributed by atoms with E-state index in [0.29, 0.717) is 37.5 Å². The average molecular weight is 446 g/mol. The number of aliphatic hydroxyl groups is 1. The van der Waals surface area contributed by atoms with Crippen LogP contribution >= 0.6 is 0 Å². The third-order valence-electron chi connectivity index (χ3n) is 5.82. The Morgan fingerprint density at radius 3 is 2.58 bits per heavy atom. The minimum Gasteiger partial charge on any atom is -0.507 e. The summed E-state index contributed by atoms with van der Waals surface area (Å²) in [6, 6.07) is 19.8. The number of fused-ring (bicyclic) bond motifs is 1. The fourth-order valence-corrected chi connectivity index (χ4v) is 4.36. The Morgan fingerprint density at radius 2 is 1.79 bits per heavy atom. The van der Waals surface area contributed by atoms with E-state index in [2.05, 4.69) is 0 Å². The normalized spacial score (nSPS) is 17.6. The number of hydrogen-bond donors (Lipinski definition) is 1. The number of ketones is 1. The number of nitrogens with zero attached hydrogens (tertiary/aromatic N) is 1. The van der Waals surface area contributed by atoms with Gasteiger partial charge >= 0.3 is 0 Å². The van der Waals surface area contributed by atoms with E-state index in [-0.39, 0.29) is 11.3 Å². The number of ether oxygens (including phenoxy) is 2. The molecular weight excluding hydrogens is 418 g/mol. The molecule has 4 rings (SSSR count). The van der Waals surface area contributed by atoms with Crippen molar-refractivity contribution in [2.24, 2.45) is 0 Å². The quantitative estimate of drug-likeness (QED) is 0.235. The fraction of sp³-hybridized carbons (Fsp3) is 0.259. The minimum atomic E-state index is -0.705. The highest BCUT2D eigenvalue weighted by Crippen LogP contribution is 2.42. The summed E-state index contributed by atoms with van der Waals surface area (Å²) in [5.74, 6) is -0.934. The molecule has 6 heteroatoms. The van der Waals surface area contributed by atoms with Crippen molar-refractivity contribution in [1.29, 1.82) is 0 Å². The molecular formula is C27H27NO5. The van der Waals surface area contributed by atoms with Gasteiger partial charge in [0.05, 0.1) is 18.2 Å². The Hall–Kier alpha value is -3.64. The molecule has 1 heterocycles. The number of methoxy groups -OCH3 is 1. The van der Waals surface area contributed by atoms with Crippen LogP contribution in [0.25, 0.3) is 16.5 Å². The second kappa shape index (κ2) is 9.88. The van der Waals surface area contributed by atoms with Gasteiger partial charge in [-0.1, -0.05) is 54.6 Å². The first kappa shape index (κ1) is 22.6. The zero-order valence-electron chi connectivity index (χ0n) is 18.8. The maximum Gasteiger partial charge on any atom is 0.295 e. The Morgan fingerprint density at radius 1 is 1.03 bits per heavy atom. The molecule has 0 saturated carbocycles. The molecule has 1 aliphatic heterocycles. The van der Waals surface area contributed by atoms with Gasteiger partial charge in [-0.25, -0.2) is 0 Å². The lowest BCUT2D eigenvalue weighted by Gasteiger charge is -2.26. The Kier molecular flexibility index (Phi) is 6.75. The molecule has 0 bridgehead atoms. The van der Waals surface area contributed by atoms with Crippen molar-refractivity contribution in [1.82, 2.24) is 4.90 Å². The number of likely N-dealkylation sites (tertiary alicyclic amines) is 1. The molecule has 33 heavy (non-hydrogen) atoms. The van der Waals surface area contributed by atoms with Gasteiger partial charge in [-0.15, -0.1) is 0 Å². The molecule has 1 fully saturated rings. The summed E-state index contributed by atoms with van der Waals surface area (Å²) in [7, 11) is 1.60. The number of carbonyl (C=O) groups is 2. The maximum atomic E-state index is 13.2. The van der Waals surface area contributed by atoms with E-state index in [4.69, 9.17) is 9.47 Å². The number of hydrogen-bond acceptors (Lipinski definition) is 5. The van der Waals surface area contributed by atoms with Crippen LogP contribution in [0.1, 0.15) is 30.5 Å². The SMILES string of the molecule is CCOc1cccc(/C(O)=C2/C(=O)C(=O)N(CCCOC)C2c2cccc3ccccc23)c1. The Bertz CT molecular complexity index is 1210. The van der Waals surface area contributed by atoms with Crippen LogP contribution in [0.15, 0.2) is 72.3 Å². The first-order chi connectivity index (χ1) is 16.1. The molecule has 3 aromatic carbocycles. The molecule has 1 aliphatic rings. The second-order valence-electron chi connectivity index (χ2n) is 7.87. The van der Waals surface area contributed by atoms with Gasteiger partial charge in [-0.05, 0) is 41.8 Å². The third kappa shape index (κ3) is 4.34. The topological polar surface area (TPSA) is 76.1 Å². The van der Waals surface area contributed by atoms with Crippen molar-refractivity contribution in [3.8, 4) is 5.75 Å². The Labute approximate surface area is 193 Å². The van der Waals surface area contributed by atoms with Gasteiger partial charge in [0.15, 0.2) is 0 Å². The first-order valence-corrected chi connectivity index (χ1v) is 11.0. The standard InChI is InChI=1S/C27H27NO5/c1-3-33-20-12-6-11-19(17-20)25(29)23-24(28(15-8-16-32-2)27(31)26(23)30)22-14-7-10-18-9-4-5-13-21(18)22/h4-7,9-14,17,24,29H,3,8,15-16H2,1-2H3/b25-23-. The van der Waals surface area contributed by atoms with Gasteiger partial charge in [0.1, 0.15) is 11.5 Å². The highest BCUT2D eigenvalue weighted by atomic mass is 16.5. The number of amides is 1. The molecule has 1 amide bonds. The van der Waals surface area contributed by atoms with Crippen molar-refractivity contribution >= 4 is 28.2 Å². The maximum absolute atomic E-state index is 13.2. The van der Waals surface area contributed by atoms with Crippen LogP contribution in [0.5, 0.6) is 5.75 Å². The summed E-state index contributed by atoms with van der Waals surface area (Å²) in [4.78, 5) is 27.9. The average Bonchev–Trinajstić information content (AvgIpc) is 3.08. The first-order valence-electron chi connectivity index (χ1n) is 11.0. The molecule has 0 radical (unpaired) electrons. The Balaban J connectivity index is 1.90. The summed E-state index contributed by atoms with van der Waals surface area (Å²) < 4.78 is 10.7. The smallest absolute Gasteiger partial charge is 0.295 e. The zero-order chi connectivity index (χ0) is 23.4. The third-order valence-corrected chi connectivity index (χ3v) is 5.82. The van der Waals surface area contributed by atoms with E-state index in [1.54, 1.807) is 36.3 Å². The van der Waals surface area contributed by atoms with Crippen molar-refractivity contribution in [2.45, 2.75) is 19.4 Å². The highest BCUT2D eigenvalue weighted by Gasteiger charge is 2.46. The monoisotopic (exact) mass is 445 g/mol. The summed E-state index contributed by atoms with van der Waals surface area (Å²) in [6.07, 6.45) is 0.574. The van der Waals surface area contributed by atoms with Crippen molar-refractivity contribution in [3.05, 3.63) is 83.4 Å². The van der Waals surface area contributed by atoms with Crippen LogP contribution in [0, 0.1) is 0 Å². The molecule has 0 aromatic heterocycles. The number of rotatable bonds is 8. The van der Waals surface area contributed by atoms with Gasteiger partial charge in [0.25, 0.3) is 11.7 Å². The summed E-state index contributed by atoms with van der Waals surface area (Å²) >= 11 is 0. The van der Waals surface area contributed by atoms with E-state index < -0.39 is 17.7 Å². The second-order valence-corrected chi connectivity index (χ2v) is 7.87. The lowest BCUT2D eigenvalue weighted by Crippen LogP contribution is -2.31. The van der Waals surface area contributed by atoms with Crippen LogP contribution < -0.4 is 4.74 Å². The molecule has 170 valence electrons. The van der Waals surface area contributed by atoms with Crippen molar-refractivity contribution in [3.63, 3.8) is 0 Å². The molecule has 1 atom stereocenters. The minimum absolute atomic E-state index is 0.0856. The predicted molar refractivity (Wildman–Crippen MR) is 127 cm³/mol. The summed E-state index contributed by atoms with van der Waals surface area (Å²) in [6.45, 7) is 3.15. The fourth-order valence-electron chi connectivity index (χ4n) is 4.36. The number of aliphatic hydroxyl groups excluding tert-OH is 1. The van der Waals surface area contributed by atoms with E-state index in [1.807, 2.05) is 49.4 Å². The molecule has 1 unspecified atom stereocenters. The van der Waals surface area contributed by atoms with E-state index in [9.17, 15) is 14.7 Å². The molecule has 1 N–H and O–H groups in total. The van der Waals surface area contributed by atoms with E-state index in [1.165, 1.54) is 0 Å². The van der Waals surface area contributed by atoms with Gasteiger partial charge in [0.2, 0.25) is 0 Å². The van der Waals surface area contributed by atoms with Crippen LogP contribution in [-0.2, 0) is 14.3 Å². The molecule has 0 aliphatic carbocycles. The summed E-state index contributed by atoms with van der Waals surface area (Å²) in [5.41, 5.74) is 1.32. The molecule has 3 aromatic rings. The predicted octanol–water partition coefficient (Wildman–Crippen LogP) is 4.70. The van der Waals surface area contributed by atoms with Gasteiger partial charge in [-0.3, -0.25) is 9.59 Å². The number of carbonyl (C=O) groups excluding carboxylic acids is 2. The molecule has 1 saturated heterocycles. The molecule has 0 spiro atoms. The van der Waals surface area contributed by atoms with E-state index >= 15 is 0 Å². The van der Waals surface area contributed by atoms with Crippen molar-refractivity contribution < 1.29 is 24.2 Å². The van der Waals surface area contributed by atoms with Crippen LogP contribution in [-0.4, -0.2) is 48.6 Å². The number of benzene rings is 3.